The molecule has 0 spiro atoms. The monoisotopic (exact) mass is 741 g/mol. The summed E-state index contributed by atoms with van der Waals surface area (Å²) in [4.78, 5) is 2.54. The van der Waals surface area contributed by atoms with Gasteiger partial charge in [-0.1, -0.05) is 183 Å². The third-order valence-corrected chi connectivity index (χ3v) is 13.2. The zero-order valence-electron chi connectivity index (χ0n) is 33.1. The van der Waals surface area contributed by atoms with Crippen LogP contribution in [-0.4, -0.2) is 6.71 Å². The fraction of sp³-hybridized carbons (Fsp3) is 0.107. The summed E-state index contributed by atoms with van der Waals surface area (Å²) in [6.07, 6.45) is 3.28. The minimum Gasteiger partial charge on any atom is -0.310 e. The zero-order valence-corrected chi connectivity index (χ0v) is 33.1. The van der Waals surface area contributed by atoms with E-state index < -0.39 is 0 Å². The number of hydrogen-bond donors (Lipinski definition) is 0. The molecule has 2 aliphatic rings. The van der Waals surface area contributed by atoms with Gasteiger partial charge in [-0.25, -0.2) is 0 Å². The number of aryl methyl sites for hydroxylation is 1. The van der Waals surface area contributed by atoms with Gasteiger partial charge in [-0.3, -0.25) is 0 Å². The summed E-state index contributed by atoms with van der Waals surface area (Å²) in [5.74, 6) is 0. The number of benzene rings is 9. The van der Waals surface area contributed by atoms with Gasteiger partial charge < -0.3 is 4.90 Å². The van der Waals surface area contributed by atoms with E-state index in [0.29, 0.717) is 6.71 Å². The number of anilines is 3. The second-order valence-electron chi connectivity index (χ2n) is 16.8. The average molecular weight is 742 g/mol. The van der Waals surface area contributed by atoms with E-state index >= 15 is 0 Å². The molecule has 1 heterocycles. The van der Waals surface area contributed by atoms with Crippen LogP contribution in [0.1, 0.15) is 36.1 Å². The first-order valence-electron chi connectivity index (χ1n) is 20.8. The lowest BCUT2D eigenvalue weighted by atomic mass is 9.37. The lowest BCUT2D eigenvalue weighted by molar-refractivity contribution is 0.660. The van der Waals surface area contributed by atoms with E-state index in [0.717, 1.165) is 24.1 Å². The molecule has 0 aromatic heterocycles. The lowest BCUT2D eigenvalue weighted by Crippen LogP contribution is -2.36. The Morgan fingerprint density at radius 1 is 0.466 bits per heavy atom. The molecule has 0 radical (unpaired) electrons. The molecule has 276 valence electrons. The van der Waals surface area contributed by atoms with E-state index in [2.05, 4.69) is 213 Å². The maximum Gasteiger partial charge on any atom is 0.180 e. The SMILES string of the molecule is CC1(C)c2ccccc2-c2cc(-c3cccc4c3CB(c3ccccc3)CC4)c(N(c3ccc(-c4ccccc4)cc3)c3ccc4ccc5ccccc5c4c3)cc21. The summed E-state index contributed by atoms with van der Waals surface area (Å²) >= 11 is 0. The minimum atomic E-state index is -0.157. The molecule has 58 heavy (non-hydrogen) atoms. The Balaban J connectivity index is 1.18. The van der Waals surface area contributed by atoms with Crippen molar-refractivity contribution < 1.29 is 0 Å². The third kappa shape index (κ3) is 5.70. The van der Waals surface area contributed by atoms with E-state index in [1.807, 2.05) is 0 Å². The molecule has 0 N–H and O–H groups in total. The second kappa shape index (κ2) is 13.8. The van der Waals surface area contributed by atoms with Crippen LogP contribution < -0.4 is 10.4 Å². The first-order valence-corrected chi connectivity index (χ1v) is 20.8. The van der Waals surface area contributed by atoms with Crippen LogP contribution >= 0.6 is 0 Å². The van der Waals surface area contributed by atoms with Crippen LogP contribution in [0, 0.1) is 0 Å². The topological polar surface area (TPSA) is 3.24 Å². The molecule has 1 aliphatic heterocycles. The van der Waals surface area contributed by atoms with Crippen molar-refractivity contribution in [2.24, 2.45) is 0 Å². The van der Waals surface area contributed by atoms with Gasteiger partial charge in [-0.05, 0) is 121 Å². The Morgan fingerprint density at radius 3 is 1.95 bits per heavy atom. The minimum absolute atomic E-state index is 0.157. The first kappa shape index (κ1) is 34.6. The summed E-state index contributed by atoms with van der Waals surface area (Å²) in [7, 11) is 0. The molecule has 0 amide bonds. The maximum absolute atomic E-state index is 2.54. The first-order chi connectivity index (χ1) is 28.5. The van der Waals surface area contributed by atoms with E-state index in [1.165, 1.54) is 94.6 Å². The summed E-state index contributed by atoms with van der Waals surface area (Å²) < 4.78 is 0. The van der Waals surface area contributed by atoms with Gasteiger partial charge in [0.1, 0.15) is 0 Å². The van der Waals surface area contributed by atoms with Gasteiger partial charge in [0.15, 0.2) is 6.71 Å². The molecule has 2 heteroatoms. The highest BCUT2D eigenvalue weighted by molar-refractivity contribution is 6.73. The number of nitrogens with zero attached hydrogens (tertiary/aromatic N) is 1. The molecular formula is C56H44BN. The van der Waals surface area contributed by atoms with Crippen molar-refractivity contribution in [2.75, 3.05) is 4.90 Å². The summed E-state index contributed by atoms with van der Waals surface area (Å²) in [6, 6.07) is 72.7. The van der Waals surface area contributed by atoms with Crippen LogP contribution in [0.15, 0.2) is 194 Å². The van der Waals surface area contributed by atoms with Crippen molar-refractivity contribution >= 4 is 50.8 Å². The predicted octanol–water partition coefficient (Wildman–Crippen LogP) is 14.1. The molecule has 9 aromatic carbocycles. The molecule has 0 saturated carbocycles. The summed E-state index contributed by atoms with van der Waals surface area (Å²) in [5.41, 5.74) is 18.3. The fourth-order valence-electron chi connectivity index (χ4n) is 10.2. The van der Waals surface area contributed by atoms with Crippen molar-refractivity contribution in [1.82, 2.24) is 0 Å². The fourth-order valence-corrected chi connectivity index (χ4v) is 10.2. The largest absolute Gasteiger partial charge is 0.310 e. The maximum atomic E-state index is 2.54. The highest BCUT2D eigenvalue weighted by Gasteiger charge is 2.37. The molecule has 0 saturated heterocycles. The Bertz CT molecular complexity index is 3000. The average Bonchev–Trinajstić information content (AvgIpc) is 3.51. The number of fused-ring (bicyclic) bond motifs is 7. The van der Waals surface area contributed by atoms with Gasteiger partial charge in [0.25, 0.3) is 0 Å². The van der Waals surface area contributed by atoms with E-state index in [4.69, 9.17) is 0 Å². The van der Waals surface area contributed by atoms with Crippen LogP contribution in [-0.2, 0) is 18.2 Å². The summed E-state index contributed by atoms with van der Waals surface area (Å²) in [6.45, 7) is 5.29. The Labute approximate surface area is 342 Å². The van der Waals surface area contributed by atoms with Gasteiger partial charge in [0, 0.05) is 22.4 Å². The molecule has 9 aromatic rings. The predicted molar refractivity (Wildman–Crippen MR) is 249 cm³/mol. The van der Waals surface area contributed by atoms with Crippen LogP contribution in [0.5, 0.6) is 0 Å². The van der Waals surface area contributed by atoms with Gasteiger partial charge >= 0.3 is 0 Å². The van der Waals surface area contributed by atoms with Crippen LogP contribution in [0.2, 0.25) is 6.32 Å². The molecule has 1 aliphatic carbocycles. The van der Waals surface area contributed by atoms with Crippen molar-refractivity contribution in [3.8, 4) is 33.4 Å². The van der Waals surface area contributed by atoms with E-state index in [9.17, 15) is 0 Å². The summed E-state index contributed by atoms with van der Waals surface area (Å²) in [5, 5.41) is 5.04. The van der Waals surface area contributed by atoms with Gasteiger partial charge in [0.2, 0.25) is 0 Å². The molecular weight excluding hydrogens is 697 g/mol. The van der Waals surface area contributed by atoms with Crippen molar-refractivity contribution in [3.63, 3.8) is 0 Å². The van der Waals surface area contributed by atoms with Crippen LogP contribution in [0.4, 0.5) is 17.1 Å². The number of hydrogen-bond acceptors (Lipinski definition) is 1. The normalized spacial score (nSPS) is 13.9. The zero-order chi connectivity index (χ0) is 38.8. The highest BCUT2D eigenvalue weighted by atomic mass is 15.1. The smallest absolute Gasteiger partial charge is 0.180 e. The van der Waals surface area contributed by atoms with Gasteiger partial charge in [0.05, 0.1) is 5.69 Å². The quantitative estimate of drug-likeness (QED) is 0.121. The third-order valence-electron chi connectivity index (χ3n) is 13.2. The number of rotatable bonds is 6. The standard InChI is InChI=1S/C56H44BN/c1-56(2)53-23-12-11-21-48(53)50-35-51(47-22-13-17-41-32-33-57(37-52(41)47)43-18-7-4-8-19-43)55(36-54(50)56)58(44-29-26-39(27-30-44)38-14-5-3-6-15-38)45-31-28-42-25-24-40-16-9-10-20-46(40)49(42)34-45/h3-31,34-36H,32-33,37H2,1-2H3. The Hall–Kier alpha value is -6.64. The van der Waals surface area contributed by atoms with Crippen LogP contribution in [0.3, 0.4) is 0 Å². The highest BCUT2D eigenvalue weighted by Crippen LogP contribution is 2.54. The van der Waals surface area contributed by atoms with Crippen LogP contribution in [0.25, 0.3) is 54.9 Å². The Morgan fingerprint density at radius 2 is 1.12 bits per heavy atom. The second-order valence-corrected chi connectivity index (χ2v) is 16.8. The molecule has 11 rings (SSSR count). The molecule has 0 bridgehead atoms. The molecule has 0 fully saturated rings. The Kier molecular flexibility index (Phi) is 8.22. The van der Waals surface area contributed by atoms with Crippen molar-refractivity contribution in [3.05, 3.63) is 216 Å². The van der Waals surface area contributed by atoms with E-state index in [1.54, 1.807) is 0 Å². The molecule has 0 atom stereocenters. The molecule has 0 unspecified atom stereocenters. The van der Waals surface area contributed by atoms with Gasteiger partial charge in [-0.2, -0.15) is 0 Å². The molecule has 1 nitrogen and oxygen atoms in total. The van der Waals surface area contributed by atoms with Crippen molar-refractivity contribution in [1.29, 1.82) is 0 Å². The van der Waals surface area contributed by atoms with Crippen molar-refractivity contribution in [2.45, 2.75) is 38.3 Å². The van der Waals surface area contributed by atoms with E-state index in [-0.39, 0.29) is 5.41 Å². The lowest BCUT2D eigenvalue weighted by Gasteiger charge is -2.32. The van der Waals surface area contributed by atoms with Gasteiger partial charge in [-0.15, -0.1) is 0 Å².